The third-order valence-corrected chi connectivity index (χ3v) is 4.30. The second-order valence-electron chi connectivity index (χ2n) is 6.45. The lowest BCUT2D eigenvalue weighted by Crippen LogP contribution is -2.12. The molecule has 0 unspecified atom stereocenters. The summed E-state index contributed by atoms with van der Waals surface area (Å²) in [5, 5.41) is 2.89. The number of hydrogen-bond donors (Lipinski definition) is 2. The Morgan fingerprint density at radius 1 is 0.828 bits per heavy atom. The monoisotopic (exact) mass is 381 g/mol. The summed E-state index contributed by atoms with van der Waals surface area (Å²) in [7, 11) is 0. The molecule has 0 saturated heterocycles. The van der Waals surface area contributed by atoms with Crippen LogP contribution in [-0.2, 0) is 0 Å². The minimum Gasteiger partial charge on any atom is -0.457 e. The van der Waals surface area contributed by atoms with Crippen LogP contribution in [-0.4, -0.2) is 10.9 Å². The molecule has 0 aliphatic carbocycles. The van der Waals surface area contributed by atoms with Crippen molar-refractivity contribution in [3.63, 3.8) is 0 Å². The van der Waals surface area contributed by atoms with E-state index in [-0.39, 0.29) is 5.91 Å². The molecule has 1 aromatic heterocycles. The number of carbonyl (C=O) groups is 1. The number of rotatable bonds is 5. The molecule has 5 nitrogen and oxygen atoms in total. The summed E-state index contributed by atoms with van der Waals surface area (Å²) in [6.07, 6.45) is 1.62. The number of nitrogens with zero attached hydrogens (tertiary/aromatic N) is 1. The zero-order valence-electron chi connectivity index (χ0n) is 15.6. The number of anilines is 2. The Hall–Kier alpha value is -4.12. The van der Waals surface area contributed by atoms with E-state index in [1.165, 1.54) is 0 Å². The molecular weight excluding hydrogens is 362 g/mol. The SMILES string of the molecule is Nc1cccc(-c2cc(C(=O)Nc3ccc(Oc4ccccc4)cc3)ccn2)c1. The number of nitrogen functional groups attached to an aromatic ring is 1. The summed E-state index contributed by atoms with van der Waals surface area (Å²) in [6, 6.07) is 27.6. The Balaban J connectivity index is 1.46. The molecule has 5 heteroatoms. The Morgan fingerprint density at radius 2 is 1.59 bits per heavy atom. The van der Waals surface area contributed by atoms with Gasteiger partial charge in [0.25, 0.3) is 5.91 Å². The van der Waals surface area contributed by atoms with E-state index in [0.29, 0.717) is 28.4 Å². The molecular formula is C24H19N3O2. The molecule has 0 atom stereocenters. The number of amides is 1. The first-order valence-electron chi connectivity index (χ1n) is 9.14. The highest BCUT2D eigenvalue weighted by Crippen LogP contribution is 2.24. The van der Waals surface area contributed by atoms with Crippen LogP contribution in [0.1, 0.15) is 10.4 Å². The van der Waals surface area contributed by atoms with E-state index in [2.05, 4.69) is 10.3 Å². The van der Waals surface area contributed by atoms with Crippen molar-refractivity contribution in [3.05, 3.63) is 103 Å². The van der Waals surface area contributed by atoms with Gasteiger partial charge in [-0.2, -0.15) is 0 Å². The summed E-state index contributed by atoms with van der Waals surface area (Å²) in [5.41, 5.74) is 9.24. The van der Waals surface area contributed by atoms with Crippen LogP contribution < -0.4 is 15.8 Å². The fourth-order valence-electron chi connectivity index (χ4n) is 2.86. The van der Waals surface area contributed by atoms with Crippen LogP contribution in [0.15, 0.2) is 97.2 Å². The number of nitrogens with two attached hydrogens (primary N) is 1. The second-order valence-corrected chi connectivity index (χ2v) is 6.45. The summed E-state index contributed by atoms with van der Waals surface area (Å²) >= 11 is 0. The molecule has 3 aromatic carbocycles. The Labute approximate surface area is 168 Å². The van der Waals surface area contributed by atoms with Gasteiger partial charge in [-0.05, 0) is 60.7 Å². The molecule has 29 heavy (non-hydrogen) atoms. The van der Waals surface area contributed by atoms with Crippen LogP contribution >= 0.6 is 0 Å². The van der Waals surface area contributed by atoms with Crippen molar-refractivity contribution in [2.75, 3.05) is 11.1 Å². The molecule has 142 valence electrons. The highest BCUT2D eigenvalue weighted by molar-refractivity contribution is 6.04. The molecule has 0 bridgehead atoms. The number of pyridine rings is 1. The van der Waals surface area contributed by atoms with E-state index in [9.17, 15) is 4.79 Å². The number of ether oxygens (including phenoxy) is 1. The largest absolute Gasteiger partial charge is 0.457 e. The molecule has 0 spiro atoms. The number of carbonyl (C=O) groups excluding carboxylic acids is 1. The van der Waals surface area contributed by atoms with Crippen LogP contribution in [0, 0.1) is 0 Å². The van der Waals surface area contributed by atoms with Crippen LogP contribution in [0.3, 0.4) is 0 Å². The van der Waals surface area contributed by atoms with Gasteiger partial charge in [0.15, 0.2) is 0 Å². The predicted molar refractivity (Wildman–Crippen MR) is 115 cm³/mol. The topological polar surface area (TPSA) is 77.2 Å². The maximum absolute atomic E-state index is 12.6. The summed E-state index contributed by atoms with van der Waals surface area (Å²) in [4.78, 5) is 17.0. The van der Waals surface area contributed by atoms with Crippen molar-refractivity contribution in [2.45, 2.75) is 0 Å². The molecule has 0 aliphatic rings. The minimum atomic E-state index is -0.214. The van der Waals surface area contributed by atoms with Crippen LogP contribution in [0.5, 0.6) is 11.5 Å². The first-order chi connectivity index (χ1) is 14.2. The molecule has 0 saturated carbocycles. The normalized spacial score (nSPS) is 10.3. The second kappa shape index (κ2) is 8.27. The lowest BCUT2D eigenvalue weighted by Gasteiger charge is -2.09. The number of para-hydroxylation sites is 1. The highest BCUT2D eigenvalue weighted by Gasteiger charge is 2.09. The van der Waals surface area contributed by atoms with E-state index >= 15 is 0 Å². The Bertz CT molecular complexity index is 1130. The molecule has 0 aliphatic heterocycles. The summed E-state index contributed by atoms with van der Waals surface area (Å²) in [6.45, 7) is 0. The van der Waals surface area contributed by atoms with E-state index in [0.717, 1.165) is 11.3 Å². The van der Waals surface area contributed by atoms with E-state index in [4.69, 9.17) is 10.5 Å². The van der Waals surface area contributed by atoms with Crippen molar-refractivity contribution >= 4 is 17.3 Å². The number of hydrogen-bond acceptors (Lipinski definition) is 4. The van der Waals surface area contributed by atoms with Crippen molar-refractivity contribution in [1.29, 1.82) is 0 Å². The van der Waals surface area contributed by atoms with Gasteiger partial charge in [0.1, 0.15) is 11.5 Å². The standard InChI is InChI=1S/C24H19N3O2/c25-19-6-4-5-17(15-19)23-16-18(13-14-26-23)24(28)27-20-9-11-22(12-10-20)29-21-7-2-1-3-8-21/h1-16H,25H2,(H,27,28). The zero-order valence-corrected chi connectivity index (χ0v) is 15.6. The molecule has 0 fully saturated rings. The average Bonchev–Trinajstić information content (AvgIpc) is 2.76. The van der Waals surface area contributed by atoms with Gasteiger partial charge in [0.05, 0.1) is 5.69 Å². The van der Waals surface area contributed by atoms with Crippen molar-refractivity contribution in [1.82, 2.24) is 4.98 Å². The fraction of sp³-hybridized carbons (Fsp3) is 0. The lowest BCUT2D eigenvalue weighted by atomic mass is 10.1. The zero-order chi connectivity index (χ0) is 20.1. The maximum atomic E-state index is 12.6. The summed E-state index contributed by atoms with van der Waals surface area (Å²) in [5.74, 6) is 1.24. The molecule has 3 N–H and O–H groups in total. The minimum absolute atomic E-state index is 0.214. The van der Waals surface area contributed by atoms with Gasteiger partial charge < -0.3 is 15.8 Å². The average molecular weight is 381 g/mol. The number of nitrogens with one attached hydrogen (secondary N) is 1. The Morgan fingerprint density at radius 3 is 2.34 bits per heavy atom. The molecule has 4 rings (SSSR count). The molecule has 4 aromatic rings. The highest BCUT2D eigenvalue weighted by atomic mass is 16.5. The molecule has 0 radical (unpaired) electrons. The van der Waals surface area contributed by atoms with Gasteiger partial charge >= 0.3 is 0 Å². The molecule has 1 heterocycles. The number of benzene rings is 3. The van der Waals surface area contributed by atoms with Crippen molar-refractivity contribution < 1.29 is 9.53 Å². The van der Waals surface area contributed by atoms with E-state index in [1.54, 1.807) is 30.5 Å². The predicted octanol–water partition coefficient (Wildman–Crippen LogP) is 5.38. The van der Waals surface area contributed by atoms with Gasteiger partial charge in [-0.1, -0.05) is 30.3 Å². The van der Waals surface area contributed by atoms with Gasteiger partial charge in [0.2, 0.25) is 0 Å². The third kappa shape index (κ3) is 4.59. The fourth-order valence-corrected chi connectivity index (χ4v) is 2.86. The van der Waals surface area contributed by atoms with Crippen molar-refractivity contribution in [2.24, 2.45) is 0 Å². The summed E-state index contributed by atoms with van der Waals surface area (Å²) < 4.78 is 5.77. The lowest BCUT2D eigenvalue weighted by molar-refractivity contribution is 0.102. The van der Waals surface area contributed by atoms with Crippen LogP contribution in [0.25, 0.3) is 11.3 Å². The maximum Gasteiger partial charge on any atom is 0.255 e. The van der Waals surface area contributed by atoms with E-state index < -0.39 is 0 Å². The smallest absolute Gasteiger partial charge is 0.255 e. The third-order valence-electron chi connectivity index (χ3n) is 4.30. The first kappa shape index (κ1) is 18.3. The van der Waals surface area contributed by atoms with Crippen molar-refractivity contribution in [3.8, 4) is 22.8 Å². The van der Waals surface area contributed by atoms with Crippen LogP contribution in [0.4, 0.5) is 11.4 Å². The number of aromatic nitrogens is 1. The van der Waals surface area contributed by atoms with Gasteiger partial charge in [-0.15, -0.1) is 0 Å². The van der Waals surface area contributed by atoms with Crippen LogP contribution in [0.2, 0.25) is 0 Å². The molecule has 1 amide bonds. The first-order valence-corrected chi connectivity index (χ1v) is 9.14. The van der Waals surface area contributed by atoms with Gasteiger partial charge in [-0.25, -0.2) is 0 Å². The van der Waals surface area contributed by atoms with E-state index in [1.807, 2.05) is 66.7 Å². The van der Waals surface area contributed by atoms with Gasteiger partial charge in [0, 0.05) is 28.7 Å². The quantitative estimate of drug-likeness (QED) is 0.455. The Kier molecular flexibility index (Phi) is 5.21. The van der Waals surface area contributed by atoms with Gasteiger partial charge in [-0.3, -0.25) is 9.78 Å².